The van der Waals surface area contributed by atoms with Gasteiger partial charge in [0.2, 0.25) is 5.28 Å². The number of thiophene rings is 1. The molecule has 0 saturated carbocycles. The number of anilines is 1. The molecule has 2 aromatic rings. The quantitative estimate of drug-likeness (QED) is 0.752. The summed E-state index contributed by atoms with van der Waals surface area (Å²) in [4.78, 5) is 12.4. The molecule has 0 N–H and O–H groups in total. The summed E-state index contributed by atoms with van der Waals surface area (Å²) >= 11 is 7.51. The van der Waals surface area contributed by atoms with Crippen LogP contribution in [0, 0.1) is 6.92 Å². The van der Waals surface area contributed by atoms with Crippen LogP contribution in [0.2, 0.25) is 5.28 Å². The first-order valence-corrected chi connectivity index (χ1v) is 8.85. The van der Waals surface area contributed by atoms with Gasteiger partial charge in [0.15, 0.2) is 9.84 Å². The molecular weight excluding hydrogens is 306 g/mol. The predicted molar refractivity (Wildman–Crippen MR) is 78.0 cm³/mol. The van der Waals surface area contributed by atoms with E-state index in [1.807, 2.05) is 17.9 Å². The zero-order valence-corrected chi connectivity index (χ0v) is 12.6. The third-order valence-electron chi connectivity index (χ3n) is 3.11. The Morgan fingerprint density at radius 2 is 2.00 bits per heavy atom. The van der Waals surface area contributed by atoms with E-state index in [2.05, 4.69) is 9.97 Å². The van der Waals surface area contributed by atoms with Crippen molar-refractivity contribution in [1.29, 1.82) is 0 Å². The average Bonchev–Trinajstić information content (AvgIpc) is 2.68. The van der Waals surface area contributed by atoms with Crippen LogP contribution in [0.4, 0.5) is 5.82 Å². The molecule has 1 saturated heterocycles. The zero-order valence-electron chi connectivity index (χ0n) is 10.3. The molecule has 19 heavy (non-hydrogen) atoms. The van der Waals surface area contributed by atoms with Crippen molar-refractivity contribution >= 4 is 48.8 Å². The highest BCUT2D eigenvalue weighted by molar-refractivity contribution is 7.91. The van der Waals surface area contributed by atoms with Crippen molar-refractivity contribution in [2.75, 3.05) is 29.5 Å². The molecule has 0 bridgehead atoms. The molecule has 0 aromatic carbocycles. The minimum atomic E-state index is -2.90. The van der Waals surface area contributed by atoms with Crippen LogP contribution in [0.15, 0.2) is 6.07 Å². The third-order valence-corrected chi connectivity index (χ3v) is 5.84. The summed E-state index contributed by atoms with van der Waals surface area (Å²) in [6, 6.07) is 2.02. The number of nitrogens with zero attached hydrogens (tertiary/aromatic N) is 3. The molecule has 0 amide bonds. The Kier molecular flexibility index (Phi) is 3.15. The number of hydrogen-bond acceptors (Lipinski definition) is 6. The first-order chi connectivity index (χ1) is 8.94. The van der Waals surface area contributed by atoms with Crippen molar-refractivity contribution in [3.8, 4) is 0 Å². The first-order valence-electron chi connectivity index (χ1n) is 5.84. The Balaban J connectivity index is 2.05. The van der Waals surface area contributed by atoms with Gasteiger partial charge in [0.1, 0.15) is 10.6 Å². The molecule has 1 aliphatic rings. The Hall–Kier alpha value is -0.920. The largest absolute Gasteiger partial charge is 0.354 e. The lowest BCUT2D eigenvalue weighted by Gasteiger charge is -2.28. The van der Waals surface area contributed by atoms with Crippen LogP contribution in [-0.2, 0) is 9.84 Å². The molecule has 8 heteroatoms. The van der Waals surface area contributed by atoms with Gasteiger partial charge in [-0.25, -0.2) is 13.4 Å². The number of aryl methyl sites for hydroxylation is 1. The second-order valence-electron chi connectivity index (χ2n) is 4.53. The number of halogens is 1. The molecule has 102 valence electrons. The minimum Gasteiger partial charge on any atom is -0.354 e. The normalized spacial score (nSPS) is 18.9. The summed E-state index contributed by atoms with van der Waals surface area (Å²) in [5.74, 6) is 1.08. The Morgan fingerprint density at radius 1 is 1.32 bits per heavy atom. The summed E-state index contributed by atoms with van der Waals surface area (Å²) in [5.41, 5.74) is 0. The molecule has 0 unspecified atom stereocenters. The zero-order chi connectivity index (χ0) is 13.6. The first kappa shape index (κ1) is 13.1. The van der Waals surface area contributed by atoms with Gasteiger partial charge in [-0.05, 0) is 24.6 Å². The molecule has 5 nitrogen and oxygen atoms in total. The standard InChI is InChI=1S/C11H12ClN3O2S2/c1-7-6-8-9(13-11(12)14-10(8)18-7)15-2-4-19(16,17)5-3-15/h6H,2-5H2,1H3. The van der Waals surface area contributed by atoms with Gasteiger partial charge in [-0.2, -0.15) is 4.98 Å². The van der Waals surface area contributed by atoms with E-state index in [-0.39, 0.29) is 16.8 Å². The maximum atomic E-state index is 11.5. The maximum Gasteiger partial charge on any atom is 0.225 e. The Bertz CT molecular complexity index is 728. The van der Waals surface area contributed by atoms with Gasteiger partial charge in [0.05, 0.1) is 16.9 Å². The second-order valence-corrected chi connectivity index (χ2v) is 8.41. The summed E-state index contributed by atoms with van der Waals surface area (Å²) in [6.45, 7) is 2.92. The van der Waals surface area contributed by atoms with E-state index >= 15 is 0 Å². The lowest BCUT2D eigenvalue weighted by molar-refractivity contribution is 0.586. The van der Waals surface area contributed by atoms with Crippen molar-refractivity contribution in [3.63, 3.8) is 0 Å². The van der Waals surface area contributed by atoms with Crippen LogP contribution in [-0.4, -0.2) is 43.0 Å². The van der Waals surface area contributed by atoms with Gasteiger partial charge < -0.3 is 4.90 Å². The fourth-order valence-corrected chi connectivity index (χ4v) is 4.46. The predicted octanol–water partition coefficient (Wildman–Crippen LogP) is 1.89. The van der Waals surface area contributed by atoms with Crippen LogP contribution in [0.5, 0.6) is 0 Å². The number of hydrogen-bond donors (Lipinski definition) is 0. The third kappa shape index (κ3) is 2.54. The van der Waals surface area contributed by atoms with Crippen LogP contribution in [0.25, 0.3) is 10.2 Å². The molecule has 0 atom stereocenters. The molecule has 2 aromatic heterocycles. The lowest BCUT2D eigenvalue weighted by Crippen LogP contribution is -2.40. The summed E-state index contributed by atoms with van der Waals surface area (Å²) < 4.78 is 23.0. The Labute approximate surface area is 120 Å². The van der Waals surface area contributed by atoms with E-state index in [1.165, 1.54) is 0 Å². The van der Waals surface area contributed by atoms with Gasteiger partial charge in [0.25, 0.3) is 0 Å². The lowest BCUT2D eigenvalue weighted by atomic mass is 10.3. The van der Waals surface area contributed by atoms with Gasteiger partial charge in [-0.1, -0.05) is 0 Å². The summed E-state index contributed by atoms with van der Waals surface area (Å²) in [5, 5.41) is 1.16. The van der Waals surface area contributed by atoms with Gasteiger partial charge in [0, 0.05) is 18.0 Å². The maximum absolute atomic E-state index is 11.5. The van der Waals surface area contributed by atoms with Crippen molar-refractivity contribution in [2.45, 2.75) is 6.92 Å². The van der Waals surface area contributed by atoms with Crippen LogP contribution < -0.4 is 4.90 Å². The van der Waals surface area contributed by atoms with Crippen molar-refractivity contribution in [2.24, 2.45) is 0 Å². The van der Waals surface area contributed by atoms with Crippen LogP contribution in [0.1, 0.15) is 4.88 Å². The van der Waals surface area contributed by atoms with E-state index < -0.39 is 9.84 Å². The van der Waals surface area contributed by atoms with Crippen molar-refractivity contribution in [1.82, 2.24) is 9.97 Å². The van der Waals surface area contributed by atoms with Gasteiger partial charge >= 0.3 is 0 Å². The molecule has 1 aliphatic heterocycles. The number of aromatic nitrogens is 2. The molecule has 0 aliphatic carbocycles. The molecule has 0 spiro atoms. The SMILES string of the molecule is Cc1cc2c(N3CCS(=O)(=O)CC3)nc(Cl)nc2s1. The second kappa shape index (κ2) is 4.57. The highest BCUT2D eigenvalue weighted by Gasteiger charge is 2.24. The van der Waals surface area contributed by atoms with E-state index in [1.54, 1.807) is 11.3 Å². The van der Waals surface area contributed by atoms with Gasteiger partial charge in [-0.3, -0.25) is 0 Å². The van der Waals surface area contributed by atoms with E-state index in [0.717, 1.165) is 20.9 Å². The van der Waals surface area contributed by atoms with E-state index in [0.29, 0.717) is 13.1 Å². The number of fused-ring (bicyclic) bond motifs is 1. The fourth-order valence-electron chi connectivity index (χ4n) is 2.17. The minimum absolute atomic E-state index is 0.166. The topological polar surface area (TPSA) is 63.2 Å². The smallest absolute Gasteiger partial charge is 0.225 e. The Morgan fingerprint density at radius 3 is 2.68 bits per heavy atom. The monoisotopic (exact) mass is 317 g/mol. The molecule has 3 rings (SSSR count). The summed E-state index contributed by atoms with van der Waals surface area (Å²) in [7, 11) is -2.90. The highest BCUT2D eigenvalue weighted by atomic mass is 35.5. The summed E-state index contributed by atoms with van der Waals surface area (Å²) in [6.07, 6.45) is 0. The molecule has 3 heterocycles. The number of rotatable bonds is 1. The fraction of sp³-hybridized carbons (Fsp3) is 0.455. The van der Waals surface area contributed by atoms with Crippen LogP contribution >= 0.6 is 22.9 Å². The highest BCUT2D eigenvalue weighted by Crippen LogP contribution is 2.32. The van der Waals surface area contributed by atoms with E-state index in [9.17, 15) is 8.42 Å². The van der Waals surface area contributed by atoms with Crippen LogP contribution in [0.3, 0.4) is 0 Å². The van der Waals surface area contributed by atoms with Crippen molar-refractivity contribution in [3.05, 3.63) is 16.2 Å². The van der Waals surface area contributed by atoms with Gasteiger partial charge in [-0.15, -0.1) is 11.3 Å². The molecular formula is C11H12ClN3O2S2. The number of sulfone groups is 1. The van der Waals surface area contributed by atoms with E-state index in [4.69, 9.17) is 11.6 Å². The molecule has 1 fully saturated rings. The molecule has 0 radical (unpaired) electrons. The average molecular weight is 318 g/mol. The van der Waals surface area contributed by atoms with Crippen molar-refractivity contribution < 1.29 is 8.42 Å².